The number of hydrogen-bond donors (Lipinski definition) is 2. The lowest BCUT2D eigenvalue weighted by Gasteiger charge is -2.52. The fourth-order valence-corrected chi connectivity index (χ4v) is 5.16. The number of rotatable bonds is 4. The summed E-state index contributed by atoms with van der Waals surface area (Å²) in [7, 11) is 0. The molecule has 168 valence electrons. The fourth-order valence-electron chi connectivity index (χ4n) is 3.86. The van der Waals surface area contributed by atoms with Crippen LogP contribution in [0, 0.1) is 18.6 Å². The van der Waals surface area contributed by atoms with Crippen LogP contribution in [0.2, 0.25) is 5.02 Å². The Morgan fingerprint density at radius 3 is 2.47 bits per heavy atom. The number of aliphatic hydroxyl groups excluding tert-OH is 2. The number of halogens is 3. The van der Waals surface area contributed by atoms with E-state index in [0.29, 0.717) is 21.0 Å². The first-order valence-corrected chi connectivity index (χ1v) is 11.0. The lowest BCUT2D eigenvalue weighted by Crippen LogP contribution is -2.66. The summed E-state index contributed by atoms with van der Waals surface area (Å²) in [6.07, 6.45) is 2.60. The van der Waals surface area contributed by atoms with Gasteiger partial charge in [0.05, 0.1) is 11.2 Å². The van der Waals surface area contributed by atoms with Gasteiger partial charge in [-0.2, -0.15) is 5.10 Å². The lowest BCUT2D eigenvalue weighted by atomic mass is 9.92. The van der Waals surface area contributed by atoms with Crippen LogP contribution in [0.5, 0.6) is 0 Å². The second-order valence-corrected chi connectivity index (χ2v) is 9.28. The van der Waals surface area contributed by atoms with Crippen molar-refractivity contribution in [2.75, 3.05) is 0 Å². The highest BCUT2D eigenvalue weighted by atomic mass is 35.5. The summed E-state index contributed by atoms with van der Waals surface area (Å²) in [5.41, 5.74) is -0.0281. The molecule has 5 rings (SSSR count). The molecule has 0 aliphatic carbocycles. The molecule has 4 heterocycles. The summed E-state index contributed by atoms with van der Waals surface area (Å²) in [6.45, 7) is 1.36. The Morgan fingerprint density at radius 2 is 1.78 bits per heavy atom. The third kappa shape index (κ3) is 3.81. The molecule has 2 N–H and O–H groups in total. The molecule has 3 aromatic rings. The molecule has 2 aliphatic rings. The van der Waals surface area contributed by atoms with Gasteiger partial charge in [0.2, 0.25) is 0 Å². The number of aromatic nitrogens is 3. The molecule has 0 bridgehead atoms. The zero-order valence-electron chi connectivity index (χ0n) is 16.6. The monoisotopic (exact) mass is 481 g/mol. The van der Waals surface area contributed by atoms with E-state index >= 15 is 0 Å². The van der Waals surface area contributed by atoms with Crippen LogP contribution >= 0.6 is 23.4 Å². The van der Waals surface area contributed by atoms with Crippen molar-refractivity contribution >= 4 is 23.4 Å². The highest BCUT2D eigenvalue weighted by molar-refractivity contribution is 7.99. The molecule has 2 aliphatic heterocycles. The van der Waals surface area contributed by atoms with E-state index in [2.05, 4.69) is 10.1 Å². The zero-order valence-corrected chi connectivity index (χ0v) is 18.2. The minimum Gasteiger partial charge on any atom is -0.387 e. The SMILES string of the molecule is Cc1c(F)cc(-c2cnn(C3C(O)[C@@H](Sc4cncc(Cl)c4)OC4C(O)O[C@@H]43)c2)cc1F. The van der Waals surface area contributed by atoms with Crippen LogP contribution < -0.4 is 0 Å². The Hall–Kier alpha value is -2.08. The molecule has 32 heavy (non-hydrogen) atoms. The lowest BCUT2D eigenvalue weighted by molar-refractivity contribution is -0.361. The quantitative estimate of drug-likeness (QED) is 0.591. The summed E-state index contributed by atoms with van der Waals surface area (Å²) in [5.74, 6) is -1.31. The van der Waals surface area contributed by atoms with Crippen LogP contribution in [-0.2, 0) is 9.47 Å². The summed E-state index contributed by atoms with van der Waals surface area (Å²) in [5, 5.41) is 25.8. The molecule has 2 fully saturated rings. The van der Waals surface area contributed by atoms with Crippen molar-refractivity contribution in [3.8, 4) is 11.1 Å². The van der Waals surface area contributed by atoms with Gasteiger partial charge in [-0.25, -0.2) is 8.78 Å². The molecular formula is C21H18ClF2N3O4S. The Kier molecular flexibility index (Phi) is 5.68. The molecule has 0 amide bonds. The van der Waals surface area contributed by atoms with E-state index in [1.54, 1.807) is 18.5 Å². The summed E-state index contributed by atoms with van der Waals surface area (Å²) >= 11 is 7.21. The van der Waals surface area contributed by atoms with Crippen molar-refractivity contribution in [1.29, 1.82) is 0 Å². The van der Waals surface area contributed by atoms with Gasteiger partial charge in [0.1, 0.15) is 41.4 Å². The Balaban J connectivity index is 1.44. The maximum atomic E-state index is 14.0. The van der Waals surface area contributed by atoms with E-state index in [1.165, 1.54) is 47.9 Å². The molecule has 7 nitrogen and oxygen atoms in total. The van der Waals surface area contributed by atoms with Crippen LogP contribution in [-0.4, -0.2) is 55.0 Å². The normalized spacial score (nSPS) is 29.4. The van der Waals surface area contributed by atoms with E-state index < -0.39 is 47.7 Å². The van der Waals surface area contributed by atoms with E-state index in [1.807, 2.05) is 0 Å². The second-order valence-electron chi connectivity index (χ2n) is 7.67. The third-order valence-corrected chi connectivity index (χ3v) is 6.94. The minimum absolute atomic E-state index is 0.0592. The van der Waals surface area contributed by atoms with Crippen LogP contribution in [0.25, 0.3) is 11.1 Å². The van der Waals surface area contributed by atoms with E-state index in [9.17, 15) is 19.0 Å². The summed E-state index contributed by atoms with van der Waals surface area (Å²) in [4.78, 5) is 4.71. The van der Waals surface area contributed by atoms with Crippen molar-refractivity contribution in [1.82, 2.24) is 14.8 Å². The van der Waals surface area contributed by atoms with Gasteiger partial charge in [-0.15, -0.1) is 0 Å². The van der Waals surface area contributed by atoms with Gasteiger partial charge >= 0.3 is 0 Å². The van der Waals surface area contributed by atoms with Gasteiger partial charge in [0.25, 0.3) is 0 Å². The highest BCUT2D eigenvalue weighted by Crippen LogP contribution is 2.45. The maximum Gasteiger partial charge on any atom is 0.184 e. The highest BCUT2D eigenvalue weighted by Gasteiger charge is 2.57. The zero-order chi connectivity index (χ0) is 22.6. The number of benzene rings is 1. The van der Waals surface area contributed by atoms with Crippen LogP contribution in [0.3, 0.4) is 0 Å². The van der Waals surface area contributed by atoms with Gasteiger partial charge in [-0.1, -0.05) is 23.4 Å². The third-order valence-electron chi connectivity index (χ3n) is 5.61. The van der Waals surface area contributed by atoms with Gasteiger partial charge in [-0.3, -0.25) is 9.67 Å². The van der Waals surface area contributed by atoms with Crippen molar-refractivity contribution < 1.29 is 28.5 Å². The number of pyridine rings is 1. The van der Waals surface area contributed by atoms with E-state index in [0.717, 1.165) is 0 Å². The fraction of sp³-hybridized carbons (Fsp3) is 0.333. The van der Waals surface area contributed by atoms with Gasteiger partial charge in [-0.05, 0) is 30.7 Å². The smallest absolute Gasteiger partial charge is 0.184 e. The van der Waals surface area contributed by atoms with Crippen molar-refractivity contribution in [3.63, 3.8) is 0 Å². The largest absolute Gasteiger partial charge is 0.387 e. The topological polar surface area (TPSA) is 89.6 Å². The Morgan fingerprint density at radius 1 is 1.03 bits per heavy atom. The standard InChI is InChI=1S/C21H18ClF2N3O4S/c1-9-14(23)2-10(3-15(9)24)11-5-26-27(8-11)16-17(28)21(31-19-18(16)30-20(19)29)32-13-4-12(22)6-25-7-13/h2-8,16-21,28-29H,1H3/t16?,17?,18-,19?,20?,21-/m1/s1. The minimum atomic E-state index is -1.13. The van der Waals surface area contributed by atoms with Crippen LogP contribution in [0.15, 0.2) is 47.9 Å². The summed E-state index contributed by atoms with van der Waals surface area (Å²) < 4.78 is 40.8. The molecule has 0 saturated carbocycles. The summed E-state index contributed by atoms with van der Waals surface area (Å²) in [6, 6.07) is 3.46. The molecular weight excluding hydrogens is 464 g/mol. The van der Waals surface area contributed by atoms with Crippen LogP contribution in [0.1, 0.15) is 11.6 Å². The number of ether oxygens (including phenoxy) is 2. The Labute approximate surface area is 190 Å². The van der Waals surface area contributed by atoms with Gasteiger partial charge < -0.3 is 19.7 Å². The van der Waals surface area contributed by atoms with E-state index in [4.69, 9.17) is 21.1 Å². The first-order chi connectivity index (χ1) is 15.3. The van der Waals surface area contributed by atoms with Crippen LogP contribution in [0.4, 0.5) is 8.78 Å². The average Bonchev–Trinajstić information content (AvgIpc) is 3.23. The second kappa shape index (κ2) is 8.36. The number of aliphatic hydroxyl groups is 2. The molecule has 4 unspecified atom stereocenters. The van der Waals surface area contributed by atoms with Gasteiger partial charge in [0.15, 0.2) is 6.29 Å². The van der Waals surface area contributed by atoms with E-state index in [-0.39, 0.29) is 5.56 Å². The van der Waals surface area contributed by atoms with Crippen molar-refractivity contribution in [2.24, 2.45) is 0 Å². The molecule has 2 saturated heterocycles. The predicted octanol–water partition coefficient (Wildman–Crippen LogP) is 3.32. The van der Waals surface area contributed by atoms with Gasteiger partial charge in [0, 0.05) is 34.6 Å². The Bertz CT molecular complexity index is 1140. The number of fused-ring (bicyclic) bond motifs is 1. The first-order valence-electron chi connectivity index (χ1n) is 9.76. The predicted molar refractivity (Wildman–Crippen MR) is 112 cm³/mol. The molecule has 0 spiro atoms. The molecule has 0 radical (unpaired) electrons. The first kappa shape index (κ1) is 21.7. The number of nitrogens with zero attached hydrogens (tertiary/aromatic N) is 3. The number of hydrogen-bond acceptors (Lipinski definition) is 7. The van der Waals surface area contributed by atoms with Crippen molar-refractivity contribution in [2.45, 2.75) is 47.9 Å². The molecule has 2 aromatic heterocycles. The molecule has 11 heteroatoms. The van der Waals surface area contributed by atoms with Crippen molar-refractivity contribution in [3.05, 3.63) is 65.2 Å². The number of thioether (sulfide) groups is 1. The average molecular weight is 482 g/mol. The molecule has 1 aromatic carbocycles. The maximum absolute atomic E-state index is 14.0. The molecule has 6 atom stereocenters.